The molecule has 0 aliphatic carbocycles. The number of halogens is 2. The first-order chi connectivity index (χ1) is 20.3. The van der Waals surface area contributed by atoms with E-state index in [0.717, 1.165) is 22.5 Å². The molecule has 2 unspecified atom stereocenters. The molecular formula is C29H23ClFN7O3S. The fourth-order valence-electron chi connectivity index (χ4n) is 5.10. The number of Topliss-reactive ketones (excluding diaryl/α,β-unsaturated/α-hetero) is 1. The molecular weight excluding hydrogens is 581 g/mol. The number of anilines is 1. The smallest absolute Gasteiger partial charge is 0.249 e. The third kappa shape index (κ3) is 5.38. The number of rotatable bonds is 7. The average molecular weight is 604 g/mol. The number of nitrogens with one attached hydrogen (secondary N) is 1. The Kier molecular flexibility index (Phi) is 7.48. The van der Waals surface area contributed by atoms with E-state index in [0.29, 0.717) is 32.1 Å². The van der Waals surface area contributed by atoms with Crippen LogP contribution in [0.25, 0.3) is 32.6 Å². The maximum atomic E-state index is 14.6. The Morgan fingerprint density at radius 3 is 2.69 bits per heavy atom. The minimum Gasteiger partial charge on any atom is -0.337 e. The van der Waals surface area contributed by atoms with Crippen LogP contribution in [0.4, 0.5) is 9.52 Å². The van der Waals surface area contributed by atoms with Gasteiger partial charge in [0.2, 0.25) is 16.9 Å². The fraction of sp³-hybridized carbons (Fsp3) is 0.207. The van der Waals surface area contributed by atoms with Gasteiger partial charge in [0.1, 0.15) is 18.8 Å². The number of amides is 2. The van der Waals surface area contributed by atoms with Crippen LogP contribution in [0, 0.1) is 0 Å². The number of nitrogens with zero attached hydrogens (tertiary/aromatic N) is 6. The summed E-state index contributed by atoms with van der Waals surface area (Å²) in [4.78, 5) is 40.4. The number of likely N-dealkylation sites (tertiary alicyclic amines) is 1. The molecule has 0 spiro atoms. The van der Waals surface area contributed by atoms with E-state index >= 15 is 0 Å². The SMILES string of the molecule is CC(=O)c1cn(CC(=O)N2CC(F)CC2C(=O)Nc2nnc(-c3ccccc3Cl)s2)c2ccc(-c3ccnnc3)cc12. The van der Waals surface area contributed by atoms with Crippen molar-refractivity contribution in [2.45, 2.75) is 32.1 Å². The van der Waals surface area contributed by atoms with Crippen LogP contribution in [0.2, 0.25) is 5.02 Å². The molecule has 42 heavy (non-hydrogen) atoms. The molecule has 2 aromatic carbocycles. The van der Waals surface area contributed by atoms with Gasteiger partial charge < -0.3 is 9.47 Å². The van der Waals surface area contributed by atoms with Crippen molar-refractivity contribution in [2.75, 3.05) is 11.9 Å². The van der Waals surface area contributed by atoms with Crippen LogP contribution in [0.3, 0.4) is 0 Å². The molecule has 1 saturated heterocycles. The van der Waals surface area contributed by atoms with Gasteiger partial charge >= 0.3 is 0 Å². The number of hydrogen-bond donors (Lipinski definition) is 1. The van der Waals surface area contributed by atoms with Crippen LogP contribution in [-0.4, -0.2) is 66.2 Å². The van der Waals surface area contributed by atoms with Crippen molar-refractivity contribution in [3.05, 3.63) is 77.7 Å². The quantitative estimate of drug-likeness (QED) is 0.258. The van der Waals surface area contributed by atoms with E-state index in [1.54, 1.807) is 41.4 Å². The molecule has 1 N–H and O–H groups in total. The Morgan fingerprint density at radius 1 is 1.10 bits per heavy atom. The Hall–Kier alpha value is -4.55. The lowest BCUT2D eigenvalue weighted by Gasteiger charge is -2.23. The van der Waals surface area contributed by atoms with Crippen LogP contribution in [0.1, 0.15) is 23.7 Å². The van der Waals surface area contributed by atoms with Crippen LogP contribution < -0.4 is 5.32 Å². The van der Waals surface area contributed by atoms with Gasteiger partial charge in [-0.2, -0.15) is 10.2 Å². The van der Waals surface area contributed by atoms with E-state index in [-0.39, 0.29) is 30.4 Å². The summed E-state index contributed by atoms with van der Waals surface area (Å²) in [6.07, 6.45) is 3.33. The molecule has 6 rings (SSSR count). The number of carbonyl (C=O) groups excluding carboxylic acids is 3. The van der Waals surface area contributed by atoms with Gasteiger partial charge in [-0.3, -0.25) is 19.7 Å². The minimum absolute atomic E-state index is 0.137. The third-order valence-electron chi connectivity index (χ3n) is 7.12. The first-order valence-electron chi connectivity index (χ1n) is 13.0. The molecule has 0 radical (unpaired) electrons. The minimum atomic E-state index is -1.36. The second-order valence-electron chi connectivity index (χ2n) is 9.87. The summed E-state index contributed by atoms with van der Waals surface area (Å²) >= 11 is 7.37. The summed E-state index contributed by atoms with van der Waals surface area (Å²) in [6, 6.07) is 13.5. The molecule has 10 nitrogen and oxygen atoms in total. The Bertz CT molecular complexity index is 1830. The van der Waals surface area contributed by atoms with E-state index in [9.17, 15) is 18.8 Å². The number of ketones is 1. The molecule has 0 saturated carbocycles. The lowest BCUT2D eigenvalue weighted by atomic mass is 10.0. The van der Waals surface area contributed by atoms with Gasteiger partial charge in [0.25, 0.3) is 0 Å². The summed E-state index contributed by atoms with van der Waals surface area (Å²) in [7, 11) is 0. The van der Waals surface area contributed by atoms with E-state index in [1.165, 1.54) is 11.8 Å². The Balaban J connectivity index is 1.22. The maximum Gasteiger partial charge on any atom is 0.249 e. The summed E-state index contributed by atoms with van der Waals surface area (Å²) in [5, 5.41) is 20.4. The Labute approximate surface area is 248 Å². The van der Waals surface area contributed by atoms with Crippen molar-refractivity contribution in [3.8, 4) is 21.7 Å². The number of hydrogen-bond acceptors (Lipinski definition) is 8. The van der Waals surface area contributed by atoms with Crippen molar-refractivity contribution < 1.29 is 18.8 Å². The number of aromatic nitrogens is 5. The molecule has 0 bridgehead atoms. The molecule has 1 fully saturated rings. The predicted molar refractivity (Wildman–Crippen MR) is 157 cm³/mol. The summed E-state index contributed by atoms with van der Waals surface area (Å²) in [5.74, 6) is -1.16. The van der Waals surface area contributed by atoms with Crippen LogP contribution in [0.5, 0.6) is 0 Å². The lowest BCUT2D eigenvalue weighted by molar-refractivity contribution is -0.137. The summed E-state index contributed by atoms with van der Waals surface area (Å²) in [6.45, 7) is 1.07. The van der Waals surface area contributed by atoms with E-state index in [2.05, 4.69) is 25.7 Å². The summed E-state index contributed by atoms with van der Waals surface area (Å²) in [5.41, 5.74) is 3.46. The molecule has 2 atom stereocenters. The van der Waals surface area contributed by atoms with Crippen molar-refractivity contribution in [2.24, 2.45) is 0 Å². The fourth-order valence-corrected chi connectivity index (χ4v) is 6.17. The topological polar surface area (TPSA) is 123 Å². The number of alkyl halides is 1. The van der Waals surface area contributed by atoms with E-state index < -0.39 is 24.0 Å². The van der Waals surface area contributed by atoms with Crippen LogP contribution in [0.15, 0.2) is 67.1 Å². The zero-order chi connectivity index (χ0) is 29.4. The highest BCUT2D eigenvalue weighted by molar-refractivity contribution is 7.18. The summed E-state index contributed by atoms with van der Waals surface area (Å²) < 4.78 is 16.2. The van der Waals surface area contributed by atoms with Gasteiger partial charge in [0.05, 0.1) is 24.0 Å². The number of fused-ring (bicyclic) bond motifs is 1. The first-order valence-corrected chi connectivity index (χ1v) is 14.2. The second-order valence-corrected chi connectivity index (χ2v) is 11.3. The highest BCUT2D eigenvalue weighted by Crippen LogP contribution is 2.33. The molecule has 1 aliphatic heterocycles. The highest BCUT2D eigenvalue weighted by Gasteiger charge is 2.40. The highest BCUT2D eigenvalue weighted by atomic mass is 35.5. The lowest BCUT2D eigenvalue weighted by Crippen LogP contribution is -2.44. The van der Waals surface area contributed by atoms with Gasteiger partial charge in [-0.05, 0) is 36.8 Å². The van der Waals surface area contributed by atoms with Crippen LogP contribution >= 0.6 is 22.9 Å². The predicted octanol–water partition coefficient (Wildman–Crippen LogP) is 5.05. The third-order valence-corrected chi connectivity index (χ3v) is 8.32. The number of benzene rings is 2. The zero-order valence-corrected chi connectivity index (χ0v) is 23.8. The van der Waals surface area contributed by atoms with Gasteiger partial charge in [0.15, 0.2) is 10.8 Å². The maximum absolute atomic E-state index is 14.6. The van der Waals surface area contributed by atoms with Gasteiger partial charge in [0, 0.05) is 40.2 Å². The molecule has 4 heterocycles. The standard InChI is InChI=1S/C29H23ClFN7O3S/c1-16(39)22-14-37(24-7-6-17(10-21(22)24)18-8-9-32-33-12-18)15-26(40)38-13-19(31)11-25(38)27(41)34-29-36-35-28(42-29)20-4-2-3-5-23(20)30/h2-10,12,14,19,25H,11,13,15H2,1H3,(H,34,36,41). The molecule has 13 heteroatoms. The van der Waals surface area contributed by atoms with Gasteiger partial charge in [-0.1, -0.05) is 47.2 Å². The van der Waals surface area contributed by atoms with E-state index in [4.69, 9.17) is 11.6 Å². The zero-order valence-electron chi connectivity index (χ0n) is 22.2. The molecule has 1 aliphatic rings. The van der Waals surface area contributed by atoms with Crippen molar-refractivity contribution in [1.29, 1.82) is 0 Å². The Morgan fingerprint density at radius 2 is 1.93 bits per heavy atom. The monoisotopic (exact) mass is 603 g/mol. The largest absolute Gasteiger partial charge is 0.337 e. The first kappa shape index (κ1) is 27.6. The van der Waals surface area contributed by atoms with E-state index in [1.807, 2.05) is 30.3 Å². The second kappa shape index (κ2) is 11.4. The average Bonchev–Trinajstić information content (AvgIpc) is 3.71. The van der Waals surface area contributed by atoms with Crippen molar-refractivity contribution in [3.63, 3.8) is 0 Å². The van der Waals surface area contributed by atoms with Crippen LogP contribution in [-0.2, 0) is 16.1 Å². The molecule has 212 valence electrons. The normalized spacial score (nSPS) is 16.6. The molecule has 3 aromatic heterocycles. The van der Waals surface area contributed by atoms with Crippen molar-refractivity contribution in [1.82, 2.24) is 29.9 Å². The van der Waals surface area contributed by atoms with Gasteiger partial charge in [-0.15, -0.1) is 10.2 Å². The van der Waals surface area contributed by atoms with Crippen molar-refractivity contribution >= 4 is 56.6 Å². The number of carbonyl (C=O) groups is 3. The van der Waals surface area contributed by atoms with Gasteiger partial charge in [-0.25, -0.2) is 4.39 Å². The molecule has 2 amide bonds. The molecule has 5 aromatic rings.